The molecule has 1 aromatic heterocycles. The van der Waals surface area contributed by atoms with Crippen molar-refractivity contribution in [1.82, 2.24) is 9.59 Å². The molecule has 0 radical (unpaired) electrons. The van der Waals surface area contributed by atoms with Gasteiger partial charge in [-0.25, -0.2) is 0 Å². The van der Waals surface area contributed by atoms with E-state index in [1.807, 2.05) is 17.5 Å². The molecule has 2 aromatic rings. The molecule has 0 aliphatic carbocycles. The normalized spacial score (nSPS) is 12.7. The van der Waals surface area contributed by atoms with E-state index in [4.69, 9.17) is 5.73 Å². The van der Waals surface area contributed by atoms with Crippen molar-refractivity contribution in [3.8, 4) is 0 Å². The van der Waals surface area contributed by atoms with Gasteiger partial charge in [0.25, 0.3) is 0 Å². The Labute approximate surface area is 93.1 Å². The summed E-state index contributed by atoms with van der Waals surface area (Å²) >= 11 is 1.34. The Morgan fingerprint density at radius 1 is 1.40 bits per heavy atom. The van der Waals surface area contributed by atoms with Crippen molar-refractivity contribution in [3.63, 3.8) is 0 Å². The first-order chi connectivity index (χ1) is 7.27. The average molecular weight is 219 g/mol. The molecular formula is C11H13N3S. The highest BCUT2D eigenvalue weighted by atomic mass is 32.1. The number of nitrogens with two attached hydrogens (primary N) is 1. The lowest BCUT2D eigenvalue weighted by Gasteiger charge is -2.10. The smallest absolute Gasteiger partial charge is 0.0925 e. The molecule has 0 aliphatic rings. The number of nitrogens with zero attached hydrogens (tertiary/aromatic N) is 2. The minimum absolute atomic E-state index is 0.0511. The number of benzene rings is 1. The van der Waals surface area contributed by atoms with Crippen LogP contribution in [-0.2, 0) is 6.42 Å². The maximum Gasteiger partial charge on any atom is 0.0925 e. The lowest BCUT2D eigenvalue weighted by Crippen LogP contribution is -2.14. The fraction of sp³-hybridized carbons (Fsp3) is 0.273. The minimum Gasteiger partial charge on any atom is -0.322 e. The van der Waals surface area contributed by atoms with Gasteiger partial charge in [-0.1, -0.05) is 28.8 Å². The van der Waals surface area contributed by atoms with Gasteiger partial charge >= 0.3 is 0 Å². The predicted molar refractivity (Wildman–Crippen MR) is 61.7 cm³/mol. The van der Waals surface area contributed by atoms with Gasteiger partial charge in [-0.3, -0.25) is 0 Å². The number of aryl methyl sites for hydroxylation is 1. The van der Waals surface area contributed by atoms with E-state index in [9.17, 15) is 0 Å². The Balaban J connectivity index is 2.13. The summed E-state index contributed by atoms with van der Waals surface area (Å²) in [5.41, 5.74) is 9.47. The lowest BCUT2D eigenvalue weighted by molar-refractivity contribution is 0.690. The van der Waals surface area contributed by atoms with E-state index in [1.165, 1.54) is 22.7 Å². The topological polar surface area (TPSA) is 51.8 Å². The maximum absolute atomic E-state index is 6.04. The number of rotatable bonds is 3. The van der Waals surface area contributed by atoms with Crippen LogP contribution in [0.3, 0.4) is 0 Å². The Kier molecular flexibility index (Phi) is 3.08. The zero-order chi connectivity index (χ0) is 10.7. The number of aromatic nitrogens is 2. The van der Waals surface area contributed by atoms with E-state index in [0.29, 0.717) is 0 Å². The molecule has 0 saturated carbocycles. The van der Waals surface area contributed by atoms with Gasteiger partial charge in [-0.05, 0) is 36.0 Å². The molecule has 0 bridgehead atoms. The highest BCUT2D eigenvalue weighted by Gasteiger charge is 2.10. The Hall–Kier alpha value is -1.26. The SMILES string of the molecule is Cc1ccccc1CC(N)c1csnn1. The van der Waals surface area contributed by atoms with Crippen LogP contribution in [0, 0.1) is 6.92 Å². The summed E-state index contributed by atoms with van der Waals surface area (Å²) in [5, 5.41) is 5.89. The number of hydrogen-bond acceptors (Lipinski definition) is 4. The van der Waals surface area contributed by atoms with Crippen molar-refractivity contribution in [1.29, 1.82) is 0 Å². The highest BCUT2D eigenvalue weighted by Crippen LogP contribution is 2.17. The van der Waals surface area contributed by atoms with Crippen LogP contribution in [0.25, 0.3) is 0 Å². The van der Waals surface area contributed by atoms with Crippen LogP contribution in [0.4, 0.5) is 0 Å². The third-order valence-electron chi connectivity index (χ3n) is 2.46. The van der Waals surface area contributed by atoms with Crippen molar-refractivity contribution in [2.75, 3.05) is 0 Å². The van der Waals surface area contributed by atoms with Crippen LogP contribution < -0.4 is 5.73 Å². The molecular weight excluding hydrogens is 206 g/mol. The van der Waals surface area contributed by atoms with E-state index < -0.39 is 0 Å². The van der Waals surface area contributed by atoms with Gasteiger partial charge < -0.3 is 5.73 Å². The highest BCUT2D eigenvalue weighted by molar-refractivity contribution is 7.03. The second kappa shape index (κ2) is 4.51. The molecule has 1 unspecified atom stereocenters. The molecule has 4 heteroatoms. The summed E-state index contributed by atoms with van der Waals surface area (Å²) in [4.78, 5) is 0. The molecule has 0 aliphatic heterocycles. The largest absolute Gasteiger partial charge is 0.322 e. The molecule has 0 amide bonds. The molecule has 1 heterocycles. The second-order valence-corrected chi connectivity index (χ2v) is 4.18. The van der Waals surface area contributed by atoms with Crippen molar-refractivity contribution >= 4 is 11.5 Å². The third kappa shape index (κ3) is 2.40. The van der Waals surface area contributed by atoms with Gasteiger partial charge in [0.2, 0.25) is 0 Å². The fourth-order valence-electron chi connectivity index (χ4n) is 1.51. The molecule has 78 valence electrons. The van der Waals surface area contributed by atoms with E-state index >= 15 is 0 Å². The molecule has 0 saturated heterocycles. The first-order valence-corrected chi connectivity index (χ1v) is 5.68. The summed E-state index contributed by atoms with van der Waals surface area (Å²) in [6.07, 6.45) is 0.818. The van der Waals surface area contributed by atoms with E-state index in [-0.39, 0.29) is 6.04 Å². The molecule has 1 atom stereocenters. The Morgan fingerprint density at radius 2 is 2.20 bits per heavy atom. The van der Waals surface area contributed by atoms with Crippen molar-refractivity contribution in [3.05, 3.63) is 46.5 Å². The van der Waals surface area contributed by atoms with E-state index in [1.54, 1.807) is 0 Å². The molecule has 15 heavy (non-hydrogen) atoms. The molecule has 2 N–H and O–H groups in total. The zero-order valence-corrected chi connectivity index (χ0v) is 9.37. The summed E-state index contributed by atoms with van der Waals surface area (Å²) < 4.78 is 3.82. The Morgan fingerprint density at radius 3 is 2.87 bits per heavy atom. The van der Waals surface area contributed by atoms with Crippen LogP contribution in [0.5, 0.6) is 0 Å². The first kappa shape index (κ1) is 10.3. The predicted octanol–water partition coefficient (Wildman–Crippen LogP) is 2.09. The second-order valence-electron chi connectivity index (χ2n) is 3.57. The molecule has 0 fully saturated rings. The standard InChI is InChI=1S/C11H13N3S/c1-8-4-2-3-5-9(8)6-10(12)11-7-15-14-13-11/h2-5,7,10H,6,12H2,1H3. The van der Waals surface area contributed by atoms with E-state index in [0.717, 1.165) is 12.1 Å². The summed E-state index contributed by atoms with van der Waals surface area (Å²) in [6, 6.07) is 8.23. The molecule has 3 nitrogen and oxygen atoms in total. The van der Waals surface area contributed by atoms with E-state index in [2.05, 4.69) is 28.6 Å². The van der Waals surface area contributed by atoms with Crippen molar-refractivity contribution in [2.45, 2.75) is 19.4 Å². The van der Waals surface area contributed by atoms with Crippen LogP contribution >= 0.6 is 11.5 Å². The summed E-state index contributed by atoms with van der Waals surface area (Å²) in [7, 11) is 0. The van der Waals surface area contributed by atoms with Gasteiger partial charge in [-0.2, -0.15) is 0 Å². The molecule has 1 aromatic carbocycles. The number of hydrogen-bond donors (Lipinski definition) is 1. The third-order valence-corrected chi connectivity index (χ3v) is 2.98. The first-order valence-electron chi connectivity index (χ1n) is 4.84. The van der Waals surface area contributed by atoms with Gasteiger partial charge in [0.1, 0.15) is 0 Å². The van der Waals surface area contributed by atoms with Gasteiger partial charge in [0.05, 0.1) is 11.7 Å². The zero-order valence-electron chi connectivity index (χ0n) is 8.55. The molecule has 0 spiro atoms. The minimum atomic E-state index is -0.0511. The lowest BCUT2D eigenvalue weighted by atomic mass is 10.0. The van der Waals surface area contributed by atoms with Gasteiger partial charge in [0.15, 0.2) is 0 Å². The molecule has 2 rings (SSSR count). The quantitative estimate of drug-likeness (QED) is 0.860. The van der Waals surface area contributed by atoms with Crippen LogP contribution in [-0.4, -0.2) is 9.59 Å². The fourth-order valence-corrected chi connectivity index (χ4v) is 2.03. The van der Waals surface area contributed by atoms with Crippen LogP contribution in [0.15, 0.2) is 29.6 Å². The maximum atomic E-state index is 6.04. The van der Waals surface area contributed by atoms with Crippen molar-refractivity contribution in [2.24, 2.45) is 5.73 Å². The Bertz CT molecular complexity index is 425. The summed E-state index contributed by atoms with van der Waals surface area (Å²) in [5.74, 6) is 0. The summed E-state index contributed by atoms with van der Waals surface area (Å²) in [6.45, 7) is 2.10. The van der Waals surface area contributed by atoms with Crippen LogP contribution in [0.2, 0.25) is 0 Å². The average Bonchev–Trinajstić information content (AvgIpc) is 2.74. The van der Waals surface area contributed by atoms with Gasteiger partial charge in [0, 0.05) is 5.38 Å². The van der Waals surface area contributed by atoms with Gasteiger partial charge in [-0.15, -0.1) is 5.10 Å². The van der Waals surface area contributed by atoms with Crippen LogP contribution in [0.1, 0.15) is 22.9 Å². The monoisotopic (exact) mass is 219 g/mol. The van der Waals surface area contributed by atoms with Crippen molar-refractivity contribution < 1.29 is 0 Å².